The van der Waals surface area contributed by atoms with Crippen molar-refractivity contribution in [2.24, 2.45) is 0 Å². The highest BCUT2D eigenvalue weighted by Gasteiger charge is 2.58. The molecule has 0 spiro atoms. The van der Waals surface area contributed by atoms with Crippen molar-refractivity contribution in [3.05, 3.63) is 174 Å². The SMILES string of the molecule is Cc1cc2c3c(c1)N(c1cccc4c1sc1ccccc14)c1ccc(C(C)(C)C)cc1B3c1ccc(N3c4ccc(C(C)(C)C)cc4C4(C)CCCCC34C)cc1N2c1cccc2c1oc1ccccc12. The summed E-state index contributed by atoms with van der Waals surface area (Å²) in [6.45, 7) is 21.5. The van der Waals surface area contributed by atoms with E-state index in [0.717, 1.165) is 34.0 Å². The summed E-state index contributed by atoms with van der Waals surface area (Å²) in [6.07, 6.45) is 4.80. The maximum atomic E-state index is 7.03. The highest BCUT2D eigenvalue weighted by atomic mass is 32.1. The van der Waals surface area contributed by atoms with Crippen molar-refractivity contribution in [2.75, 3.05) is 14.7 Å². The minimum Gasteiger partial charge on any atom is -0.454 e. The molecule has 0 saturated heterocycles. The van der Waals surface area contributed by atoms with Gasteiger partial charge in [-0.15, -0.1) is 11.3 Å². The third-order valence-electron chi connectivity index (χ3n) is 17.5. The number of aryl methyl sites for hydroxylation is 1. The van der Waals surface area contributed by atoms with E-state index in [2.05, 4.69) is 229 Å². The number of hydrogen-bond donors (Lipinski definition) is 0. The van der Waals surface area contributed by atoms with Gasteiger partial charge >= 0.3 is 0 Å². The summed E-state index contributed by atoms with van der Waals surface area (Å²) < 4.78 is 9.64. The van der Waals surface area contributed by atoms with Gasteiger partial charge in [-0.2, -0.15) is 0 Å². The number of nitrogens with zero attached hydrogens (tertiary/aromatic N) is 3. The lowest BCUT2D eigenvalue weighted by atomic mass is 9.33. The van der Waals surface area contributed by atoms with Crippen molar-refractivity contribution in [1.82, 2.24) is 0 Å². The van der Waals surface area contributed by atoms with E-state index in [0.29, 0.717) is 0 Å². The molecule has 1 saturated carbocycles. The van der Waals surface area contributed by atoms with Crippen molar-refractivity contribution < 1.29 is 4.42 Å². The molecule has 0 bridgehead atoms. The van der Waals surface area contributed by atoms with Crippen molar-refractivity contribution >= 4 is 122 Å². The Hall–Kier alpha value is -6.76. The summed E-state index contributed by atoms with van der Waals surface area (Å²) in [5.41, 5.74) is 20.9. The molecule has 5 heterocycles. The number of benzene rings is 8. The van der Waals surface area contributed by atoms with Gasteiger partial charge in [0.15, 0.2) is 5.58 Å². The van der Waals surface area contributed by atoms with E-state index in [1.807, 2.05) is 11.3 Å². The predicted octanol–water partition coefficient (Wildman–Crippen LogP) is 16.7. The van der Waals surface area contributed by atoms with Crippen LogP contribution in [0.2, 0.25) is 0 Å². The summed E-state index contributed by atoms with van der Waals surface area (Å²) in [6, 6.07) is 58.3. The van der Waals surface area contributed by atoms with E-state index >= 15 is 0 Å². The third kappa shape index (κ3) is 5.92. The molecule has 4 aliphatic rings. The second-order valence-corrected chi connectivity index (χ2v) is 24.8. The molecule has 0 N–H and O–H groups in total. The summed E-state index contributed by atoms with van der Waals surface area (Å²) in [7, 11) is 0. The number of rotatable bonds is 3. The van der Waals surface area contributed by atoms with Crippen LogP contribution >= 0.6 is 11.3 Å². The second-order valence-electron chi connectivity index (χ2n) is 23.7. The topological polar surface area (TPSA) is 22.9 Å². The molecule has 2 unspecified atom stereocenters. The van der Waals surface area contributed by atoms with E-state index in [9.17, 15) is 0 Å². The third-order valence-corrected chi connectivity index (χ3v) is 18.7. The highest BCUT2D eigenvalue weighted by Crippen LogP contribution is 2.62. The largest absolute Gasteiger partial charge is 0.454 e. The van der Waals surface area contributed by atoms with Gasteiger partial charge in [0, 0.05) is 65.8 Å². The number of anilines is 8. The first-order chi connectivity index (χ1) is 34.1. The van der Waals surface area contributed by atoms with Gasteiger partial charge in [0.25, 0.3) is 6.71 Å². The fraction of sp³-hybridized carbons (Fsp3) is 0.262. The lowest BCUT2D eigenvalue weighted by Gasteiger charge is -2.50. The zero-order valence-electron chi connectivity index (χ0n) is 42.5. The van der Waals surface area contributed by atoms with Crippen LogP contribution in [0.4, 0.5) is 45.5 Å². The van der Waals surface area contributed by atoms with E-state index in [1.54, 1.807) is 0 Å². The molecule has 1 fully saturated rings. The predicted molar refractivity (Wildman–Crippen MR) is 306 cm³/mol. The Balaban J connectivity index is 1.08. The molecule has 0 amide bonds. The number of thiophene rings is 1. The van der Waals surface area contributed by atoms with Crippen molar-refractivity contribution in [3.63, 3.8) is 0 Å². The Labute approximate surface area is 422 Å². The molecule has 71 heavy (non-hydrogen) atoms. The molecule has 2 aromatic heterocycles. The van der Waals surface area contributed by atoms with Gasteiger partial charge < -0.3 is 19.1 Å². The van der Waals surface area contributed by atoms with Gasteiger partial charge in [-0.05, 0) is 137 Å². The highest BCUT2D eigenvalue weighted by molar-refractivity contribution is 7.26. The zero-order chi connectivity index (χ0) is 48.5. The minimum absolute atomic E-state index is 0.00229. The van der Waals surface area contributed by atoms with Gasteiger partial charge in [-0.1, -0.05) is 152 Å². The molecule has 8 aromatic carbocycles. The Bertz CT molecular complexity index is 3900. The Morgan fingerprint density at radius 1 is 0.535 bits per heavy atom. The molecular weight excluding hydrogens is 882 g/mol. The molecule has 0 radical (unpaired) electrons. The van der Waals surface area contributed by atoms with Crippen LogP contribution in [-0.2, 0) is 16.2 Å². The van der Waals surface area contributed by atoms with Gasteiger partial charge in [0.2, 0.25) is 0 Å². The van der Waals surface area contributed by atoms with Crippen LogP contribution in [-0.4, -0.2) is 12.3 Å². The fourth-order valence-electron chi connectivity index (χ4n) is 13.7. The normalized spacial score (nSPS) is 19.4. The lowest BCUT2D eigenvalue weighted by Crippen LogP contribution is -2.61. The molecule has 14 rings (SSSR count). The number of hydrogen-bond acceptors (Lipinski definition) is 5. The van der Waals surface area contributed by atoms with Crippen molar-refractivity contribution in [3.8, 4) is 0 Å². The van der Waals surface area contributed by atoms with Gasteiger partial charge in [0.1, 0.15) is 5.58 Å². The second kappa shape index (κ2) is 14.7. The number of para-hydroxylation sites is 2. The molecule has 350 valence electrons. The van der Waals surface area contributed by atoms with Crippen LogP contribution in [0.1, 0.15) is 103 Å². The van der Waals surface area contributed by atoms with Gasteiger partial charge in [0.05, 0.1) is 21.6 Å². The van der Waals surface area contributed by atoms with E-state index in [1.165, 1.54) is 118 Å². The fourth-order valence-corrected chi connectivity index (χ4v) is 14.9. The van der Waals surface area contributed by atoms with Crippen LogP contribution in [0.25, 0.3) is 42.1 Å². The zero-order valence-corrected chi connectivity index (χ0v) is 43.3. The van der Waals surface area contributed by atoms with Gasteiger partial charge in [-0.3, -0.25) is 0 Å². The lowest BCUT2D eigenvalue weighted by molar-refractivity contribution is 0.195. The number of furan rings is 1. The molecule has 10 aromatic rings. The monoisotopic (exact) mass is 941 g/mol. The maximum absolute atomic E-state index is 7.03. The van der Waals surface area contributed by atoms with E-state index < -0.39 is 0 Å². The maximum Gasteiger partial charge on any atom is 0.252 e. The van der Waals surface area contributed by atoms with Gasteiger partial charge in [-0.25, -0.2) is 0 Å². The number of fused-ring (bicyclic) bond motifs is 13. The Morgan fingerprint density at radius 2 is 1.18 bits per heavy atom. The quantitative estimate of drug-likeness (QED) is 0.165. The first-order valence-electron chi connectivity index (χ1n) is 25.9. The molecule has 1 aliphatic carbocycles. The summed E-state index contributed by atoms with van der Waals surface area (Å²) in [4.78, 5) is 7.97. The van der Waals surface area contributed by atoms with Crippen LogP contribution in [0.3, 0.4) is 0 Å². The first kappa shape index (κ1) is 43.1. The standard InChI is InChI=1S/C65H60BN3OS/c1-39-34-55-59-56(35-39)68(52-22-16-20-45-43-18-10-12-24-57(43)70-60(45)52)54-38-42(69-50-30-26-40(62(2,3)4)36-47(50)64(8)32-14-15-33-65(64,69)9)28-29-48(54)66(59)49-37-41(63(5,6)7)27-31-51(49)67(55)53-23-17-21-46-44-19-11-13-25-58(44)71-61(46)53/h10-13,16-31,34-38H,14-15,32-33H2,1-9H3. The minimum atomic E-state index is -0.106. The van der Waals surface area contributed by atoms with Crippen molar-refractivity contribution in [1.29, 1.82) is 0 Å². The van der Waals surface area contributed by atoms with E-state index in [-0.39, 0.29) is 28.5 Å². The summed E-state index contributed by atoms with van der Waals surface area (Å²) in [5.74, 6) is 0. The molecule has 4 nitrogen and oxygen atoms in total. The average Bonchev–Trinajstić information content (AvgIpc) is 4.00. The average molecular weight is 942 g/mol. The smallest absolute Gasteiger partial charge is 0.252 e. The Kier molecular flexibility index (Phi) is 8.90. The van der Waals surface area contributed by atoms with Crippen LogP contribution in [0, 0.1) is 6.92 Å². The summed E-state index contributed by atoms with van der Waals surface area (Å²) in [5, 5.41) is 4.88. The van der Waals surface area contributed by atoms with E-state index in [4.69, 9.17) is 4.42 Å². The molecular formula is C65H60BN3OS. The molecule has 6 heteroatoms. The molecule has 2 atom stereocenters. The van der Waals surface area contributed by atoms with Crippen LogP contribution < -0.4 is 31.1 Å². The summed E-state index contributed by atoms with van der Waals surface area (Å²) >= 11 is 1.91. The van der Waals surface area contributed by atoms with Crippen LogP contribution in [0.15, 0.2) is 156 Å². The van der Waals surface area contributed by atoms with Crippen molar-refractivity contribution in [2.45, 2.75) is 110 Å². The first-order valence-corrected chi connectivity index (χ1v) is 26.7. The molecule has 3 aliphatic heterocycles. The van der Waals surface area contributed by atoms with Crippen LogP contribution in [0.5, 0.6) is 0 Å². The Morgan fingerprint density at radius 3 is 1.96 bits per heavy atom.